The van der Waals surface area contributed by atoms with Crippen molar-refractivity contribution in [3.8, 4) is 0 Å². The van der Waals surface area contributed by atoms with Crippen molar-refractivity contribution in [3.63, 3.8) is 0 Å². The van der Waals surface area contributed by atoms with Gasteiger partial charge in [-0.1, -0.05) is 0 Å². The van der Waals surface area contributed by atoms with E-state index >= 15 is 0 Å². The molecule has 0 amide bonds. The Morgan fingerprint density at radius 1 is 1.50 bits per heavy atom. The average molecular weight is 325 g/mol. The summed E-state index contributed by atoms with van der Waals surface area (Å²) in [4.78, 5) is 13.8. The average Bonchev–Trinajstić information content (AvgIpc) is 2.53. The number of morpholine rings is 1. The Labute approximate surface area is 134 Å². The fourth-order valence-corrected chi connectivity index (χ4v) is 3.23. The summed E-state index contributed by atoms with van der Waals surface area (Å²) >= 11 is 1.59. The molecular formula is C15H23N3O3S. The van der Waals surface area contributed by atoms with Gasteiger partial charge in [-0.05, 0) is 42.7 Å². The van der Waals surface area contributed by atoms with Crippen LogP contribution in [0.3, 0.4) is 0 Å². The first kappa shape index (κ1) is 16.9. The number of hydrogen-bond donors (Lipinski definition) is 3. The van der Waals surface area contributed by atoms with Gasteiger partial charge in [0.25, 0.3) is 0 Å². The molecule has 5 N–H and O–H groups in total. The number of hydrogen-bond acceptors (Lipinski definition) is 6. The molecule has 0 bridgehead atoms. The van der Waals surface area contributed by atoms with Gasteiger partial charge in [-0.25, -0.2) is 0 Å². The fourth-order valence-electron chi connectivity index (χ4n) is 2.69. The standard InChI is InChI=1S/C15H23N3O3S/c1-22-9-6-15(17,14(19)20)13-10-21-8-7-18(13)12-4-2-11(16)3-5-12/h2-5,13H,6-10,16-17H2,1H3,(H,19,20)/t13-,15+/m0/s1. The first-order chi connectivity index (χ1) is 10.5. The monoisotopic (exact) mass is 325 g/mol. The zero-order chi connectivity index (χ0) is 16.2. The van der Waals surface area contributed by atoms with Crippen LogP contribution in [0.2, 0.25) is 0 Å². The molecule has 7 heteroatoms. The maximum Gasteiger partial charge on any atom is 0.325 e. The van der Waals surface area contributed by atoms with Gasteiger partial charge in [-0.2, -0.15) is 11.8 Å². The molecule has 0 unspecified atom stereocenters. The Bertz CT molecular complexity index is 511. The van der Waals surface area contributed by atoms with E-state index in [1.54, 1.807) is 11.8 Å². The Morgan fingerprint density at radius 3 is 2.77 bits per heavy atom. The lowest BCUT2D eigenvalue weighted by molar-refractivity contribution is -0.145. The largest absolute Gasteiger partial charge is 0.480 e. The van der Waals surface area contributed by atoms with Gasteiger partial charge in [0.05, 0.1) is 19.3 Å². The second-order valence-electron chi connectivity index (χ2n) is 5.46. The topological polar surface area (TPSA) is 102 Å². The first-order valence-electron chi connectivity index (χ1n) is 7.20. The third-order valence-electron chi connectivity index (χ3n) is 4.07. The predicted molar refractivity (Wildman–Crippen MR) is 90.4 cm³/mol. The number of nitrogens with zero attached hydrogens (tertiary/aromatic N) is 1. The van der Waals surface area contributed by atoms with Gasteiger partial charge in [-0.3, -0.25) is 4.79 Å². The quantitative estimate of drug-likeness (QED) is 0.671. The molecule has 2 atom stereocenters. The highest BCUT2D eigenvalue weighted by molar-refractivity contribution is 7.98. The minimum atomic E-state index is -1.34. The third-order valence-corrected chi connectivity index (χ3v) is 4.68. The number of aliphatic carboxylic acids is 1. The number of benzene rings is 1. The van der Waals surface area contributed by atoms with E-state index < -0.39 is 17.6 Å². The molecule has 1 aromatic carbocycles. The van der Waals surface area contributed by atoms with E-state index in [0.29, 0.717) is 37.6 Å². The van der Waals surface area contributed by atoms with E-state index in [9.17, 15) is 9.90 Å². The Kier molecular flexibility index (Phi) is 5.55. The lowest BCUT2D eigenvalue weighted by Crippen LogP contribution is -2.67. The summed E-state index contributed by atoms with van der Waals surface area (Å²) in [6.07, 6.45) is 2.33. The van der Waals surface area contributed by atoms with Crippen molar-refractivity contribution in [1.82, 2.24) is 0 Å². The highest BCUT2D eigenvalue weighted by atomic mass is 32.2. The summed E-state index contributed by atoms with van der Waals surface area (Å²) in [6, 6.07) is 7.00. The van der Waals surface area contributed by atoms with E-state index in [0.717, 1.165) is 5.69 Å². The predicted octanol–water partition coefficient (Wildman–Crippen LogP) is 1.01. The molecule has 0 aliphatic carbocycles. The highest BCUT2D eigenvalue weighted by Gasteiger charge is 2.46. The SMILES string of the molecule is CSCC[C@](N)(C(=O)O)[C@@H]1COCCN1c1ccc(N)cc1. The lowest BCUT2D eigenvalue weighted by atomic mass is 9.86. The Morgan fingerprint density at radius 2 is 2.18 bits per heavy atom. The molecule has 1 heterocycles. The van der Waals surface area contributed by atoms with Crippen LogP contribution in [0.4, 0.5) is 11.4 Å². The van der Waals surface area contributed by atoms with Crippen molar-refractivity contribution < 1.29 is 14.6 Å². The summed E-state index contributed by atoms with van der Waals surface area (Å²) < 4.78 is 5.52. The molecule has 1 fully saturated rings. The molecule has 0 radical (unpaired) electrons. The van der Waals surface area contributed by atoms with Crippen molar-refractivity contribution in [2.24, 2.45) is 5.73 Å². The van der Waals surface area contributed by atoms with Gasteiger partial charge >= 0.3 is 5.97 Å². The maximum atomic E-state index is 11.8. The number of anilines is 2. The smallest absolute Gasteiger partial charge is 0.325 e. The maximum absolute atomic E-state index is 11.8. The number of carboxylic acid groups (broad SMARTS) is 1. The second-order valence-corrected chi connectivity index (χ2v) is 6.45. The molecule has 0 saturated carbocycles. The van der Waals surface area contributed by atoms with Crippen LogP contribution >= 0.6 is 11.8 Å². The second kappa shape index (κ2) is 7.21. The number of carbonyl (C=O) groups is 1. The van der Waals surface area contributed by atoms with Gasteiger partial charge < -0.3 is 26.2 Å². The van der Waals surface area contributed by atoms with Gasteiger partial charge in [0.2, 0.25) is 0 Å². The normalized spacial score (nSPS) is 21.4. The zero-order valence-electron chi connectivity index (χ0n) is 12.7. The fraction of sp³-hybridized carbons (Fsp3) is 0.533. The van der Waals surface area contributed by atoms with Crippen LogP contribution in [0, 0.1) is 0 Å². The molecule has 22 heavy (non-hydrogen) atoms. The lowest BCUT2D eigenvalue weighted by Gasteiger charge is -2.45. The summed E-state index contributed by atoms with van der Waals surface area (Å²) in [6.45, 7) is 1.47. The Hall–Kier alpha value is -1.44. The number of rotatable bonds is 6. The van der Waals surface area contributed by atoms with Gasteiger partial charge in [0.15, 0.2) is 0 Å². The molecule has 1 aliphatic heterocycles. The van der Waals surface area contributed by atoms with Crippen LogP contribution in [0.1, 0.15) is 6.42 Å². The van der Waals surface area contributed by atoms with Crippen molar-refractivity contribution >= 4 is 29.1 Å². The minimum Gasteiger partial charge on any atom is -0.480 e. The molecule has 0 aromatic heterocycles. The molecule has 122 valence electrons. The van der Waals surface area contributed by atoms with E-state index in [4.69, 9.17) is 16.2 Å². The van der Waals surface area contributed by atoms with Crippen LogP contribution in [-0.2, 0) is 9.53 Å². The van der Waals surface area contributed by atoms with Gasteiger partial charge in [0, 0.05) is 17.9 Å². The van der Waals surface area contributed by atoms with Crippen molar-refractivity contribution in [3.05, 3.63) is 24.3 Å². The van der Waals surface area contributed by atoms with Crippen LogP contribution in [0.15, 0.2) is 24.3 Å². The molecular weight excluding hydrogens is 302 g/mol. The number of carboxylic acids is 1. The molecule has 0 spiro atoms. The molecule has 1 saturated heterocycles. The summed E-state index contributed by atoms with van der Waals surface area (Å²) in [7, 11) is 0. The molecule has 1 aromatic rings. The molecule has 6 nitrogen and oxygen atoms in total. The van der Waals surface area contributed by atoms with Crippen LogP contribution < -0.4 is 16.4 Å². The van der Waals surface area contributed by atoms with E-state index in [1.807, 2.05) is 35.4 Å². The van der Waals surface area contributed by atoms with Gasteiger partial charge in [0.1, 0.15) is 5.54 Å². The molecule has 1 aliphatic rings. The summed E-state index contributed by atoms with van der Waals surface area (Å²) in [5.74, 6) is -0.299. The summed E-state index contributed by atoms with van der Waals surface area (Å²) in [5.41, 5.74) is 12.3. The third kappa shape index (κ3) is 3.48. The van der Waals surface area contributed by atoms with Crippen LogP contribution in [0.5, 0.6) is 0 Å². The van der Waals surface area contributed by atoms with Crippen LogP contribution in [-0.4, -0.2) is 54.4 Å². The minimum absolute atomic E-state index is 0.307. The zero-order valence-corrected chi connectivity index (χ0v) is 13.5. The van der Waals surface area contributed by atoms with E-state index in [2.05, 4.69) is 0 Å². The summed E-state index contributed by atoms with van der Waals surface area (Å²) in [5, 5.41) is 9.68. The van der Waals surface area contributed by atoms with E-state index in [1.165, 1.54) is 0 Å². The number of ether oxygens (including phenoxy) is 1. The van der Waals surface area contributed by atoms with Crippen molar-refractivity contribution in [2.45, 2.75) is 18.0 Å². The Balaban J connectivity index is 2.31. The molecule has 2 rings (SSSR count). The number of nitrogens with two attached hydrogens (primary N) is 2. The van der Waals surface area contributed by atoms with Crippen molar-refractivity contribution in [2.75, 3.05) is 42.4 Å². The van der Waals surface area contributed by atoms with Crippen molar-refractivity contribution in [1.29, 1.82) is 0 Å². The van der Waals surface area contributed by atoms with E-state index in [-0.39, 0.29) is 0 Å². The number of thioether (sulfide) groups is 1. The van der Waals surface area contributed by atoms with Gasteiger partial charge in [-0.15, -0.1) is 0 Å². The van der Waals surface area contributed by atoms with Crippen LogP contribution in [0.25, 0.3) is 0 Å². The number of nitrogen functional groups attached to an aromatic ring is 1. The highest BCUT2D eigenvalue weighted by Crippen LogP contribution is 2.28. The first-order valence-corrected chi connectivity index (χ1v) is 8.59.